The van der Waals surface area contributed by atoms with Crippen molar-refractivity contribution in [3.63, 3.8) is 0 Å². The summed E-state index contributed by atoms with van der Waals surface area (Å²) in [6.45, 7) is 5.75. The van der Waals surface area contributed by atoms with Gasteiger partial charge in [-0.05, 0) is 19.4 Å². The molecule has 1 heterocycles. The third kappa shape index (κ3) is 2.06. The first-order valence-corrected chi connectivity index (χ1v) is 5.97. The van der Waals surface area contributed by atoms with Gasteiger partial charge >= 0.3 is 5.97 Å². The fraction of sp³-hybridized carbons (Fsp3) is 0.538. The minimum absolute atomic E-state index is 0.0763. The summed E-state index contributed by atoms with van der Waals surface area (Å²) < 4.78 is 0. The van der Waals surface area contributed by atoms with E-state index in [9.17, 15) is 9.90 Å². The van der Waals surface area contributed by atoms with Gasteiger partial charge in [-0.25, -0.2) is 4.79 Å². The van der Waals surface area contributed by atoms with Gasteiger partial charge in [-0.15, -0.1) is 0 Å². The molecule has 98 valence electrons. The molecule has 0 amide bonds. The van der Waals surface area contributed by atoms with Crippen LogP contribution in [0.3, 0.4) is 0 Å². The largest absolute Gasteiger partial charge is 0.478 e. The average molecular weight is 250 g/mol. The lowest BCUT2D eigenvalue weighted by Crippen LogP contribution is -2.57. The Labute approximate surface area is 106 Å². The summed E-state index contributed by atoms with van der Waals surface area (Å²) in [6, 6.07) is 1.80. The number of hydrogen-bond acceptors (Lipinski definition) is 4. The van der Waals surface area contributed by atoms with Crippen LogP contribution >= 0.6 is 0 Å². The van der Waals surface area contributed by atoms with Crippen molar-refractivity contribution >= 4 is 11.7 Å². The first-order valence-electron chi connectivity index (χ1n) is 5.97. The van der Waals surface area contributed by atoms with Gasteiger partial charge in [0.25, 0.3) is 0 Å². The van der Waals surface area contributed by atoms with Crippen molar-refractivity contribution in [2.24, 2.45) is 5.41 Å². The molecule has 0 bridgehead atoms. The van der Waals surface area contributed by atoms with Crippen LogP contribution in [0.5, 0.6) is 0 Å². The van der Waals surface area contributed by atoms with Gasteiger partial charge < -0.3 is 15.5 Å². The minimum atomic E-state index is -0.998. The Morgan fingerprint density at radius 1 is 1.56 bits per heavy atom. The molecule has 5 heteroatoms. The summed E-state index contributed by atoms with van der Waals surface area (Å²) in [5, 5.41) is 22.0. The van der Waals surface area contributed by atoms with Crippen molar-refractivity contribution in [3.8, 4) is 0 Å². The number of carbonyl (C=O) groups is 1. The fourth-order valence-corrected chi connectivity index (χ4v) is 2.18. The predicted molar refractivity (Wildman–Crippen MR) is 67.7 cm³/mol. The Morgan fingerprint density at radius 2 is 2.22 bits per heavy atom. The number of hydrogen-bond donors (Lipinski definition) is 3. The zero-order valence-corrected chi connectivity index (χ0v) is 10.8. The number of pyridine rings is 1. The lowest BCUT2D eigenvalue weighted by atomic mass is 9.64. The molecular weight excluding hydrogens is 232 g/mol. The third-order valence-corrected chi connectivity index (χ3v) is 3.82. The average Bonchev–Trinajstić information content (AvgIpc) is 2.28. The van der Waals surface area contributed by atoms with Gasteiger partial charge in [-0.1, -0.05) is 13.8 Å². The molecule has 0 aliphatic heterocycles. The van der Waals surface area contributed by atoms with Crippen LogP contribution < -0.4 is 5.32 Å². The van der Waals surface area contributed by atoms with Crippen LogP contribution in [0, 0.1) is 12.3 Å². The lowest BCUT2D eigenvalue weighted by molar-refractivity contribution is -0.0510. The standard InChI is InChI=1S/C13H18N2O3/c1-7-4-9(8(6-14-7)12(17)18)15-10-5-11(16)13(10,2)3/h4,6,10-11,16H,5H2,1-3H3,(H,14,15)(H,17,18). The number of aromatic carboxylic acids is 1. The van der Waals surface area contributed by atoms with Gasteiger partial charge in [0, 0.05) is 23.3 Å². The highest BCUT2D eigenvalue weighted by Crippen LogP contribution is 2.42. The Morgan fingerprint density at radius 3 is 2.72 bits per heavy atom. The first-order chi connectivity index (χ1) is 8.32. The van der Waals surface area contributed by atoms with Crippen LogP contribution in [0.2, 0.25) is 0 Å². The highest BCUT2D eigenvalue weighted by molar-refractivity contribution is 5.94. The Hall–Kier alpha value is -1.62. The Kier molecular flexibility index (Phi) is 3.02. The second-order valence-corrected chi connectivity index (χ2v) is 5.45. The third-order valence-electron chi connectivity index (χ3n) is 3.82. The molecule has 1 aliphatic carbocycles. The topological polar surface area (TPSA) is 82.5 Å². The molecular formula is C13H18N2O3. The van der Waals surface area contributed by atoms with E-state index in [0.29, 0.717) is 12.1 Å². The summed E-state index contributed by atoms with van der Waals surface area (Å²) in [7, 11) is 0. The number of nitrogens with one attached hydrogen (secondary N) is 1. The molecule has 3 N–H and O–H groups in total. The first kappa shape index (κ1) is 12.8. The van der Waals surface area contributed by atoms with Gasteiger partial charge in [0.1, 0.15) is 5.56 Å². The highest BCUT2D eigenvalue weighted by atomic mass is 16.4. The van der Waals surface area contributed by atoms with Crippen molar-refractivity contribution in [3.05, 3.63) is 23.5 Å². The van der Waals surface area contributed by atoms with Crippen molar-refractivity contribution in [1.82, 2.24) is 4.98 Å². The Bertz CT molecular complexity index is 485. The van der Waals surface area contributed by atoms with Crippen LogP contribution in [0.25, 0.3) is 0 Å². The molecule has 1 saturated carbocycles. The van der Waals surface area contributed by atoms with Crippen molar-refractivity contribution in [2.45, 2.75) is 39.3 Å². The van der Waals surface area contributed by atoms with Gasteiger partial charge in [-0.2, -0.15) is 0 Å². The summed E-state index contributed by atoms with van der Waals surface area (Å²) in [5.41, 5.74) is 1.25. The number of aliphatic hydroxyl groups excluding tert-OH is 1. The van der Waals surface area contributed by atoms with Gasteiger partial charge in [0.2, 0.25) is 0 Å². The van der Waals surface area contributed by atoms with E-state index in [2.05, 4.69) is 10.3 Å². The maximum atomic E-state index is 11.1. The maximum absolute atomic E-state index is 11.1. The number of carboxylic acid groups (broad SMARTS) is 1. The van der Waals surface area contributed by atoms with Crippen molar-refractivity contribution < 1.29 is 15.0 Å². The van der Waals surface area contributed by atoms with Crippen LogP contribution in [0.15, 0.2) is 12.3 Å². The molecule has 1 fully saturated rings. The van der Waals surface area contributed by atoms with E-state index >= 15 is 0 Å². The second kappa shape index (κ2) is 4.24. The molecule has 5 nitrogen and oxygen atoms in total. The molecule has 0 aromatic carbocycles. The monoisotopic (exact) mass is 250 g/mol. The fourth-order valence-electron chi connectivity index (χ4n) is 2.18. The summed E-state index contributed by atoms with van der Waals surface area (Å²) >= 11 is 0. The van der Waals surface area contributed by atoms with E-state index in [1.54, 1.807) is 6.07 Å². The summed E-state index contributed by atoms with van der Waals surface area (Å²) in [6.07, 6.45) is 1.65. The van der Waals surface area contributed by atoms with Gasteiger partial charge in [-0.3, -0.25) is 4.98 Å². The van der Waals surface area contributed by atoms with Gasteiger partial charge in [0.15, 0.2) is 0 Å². The van der Waals surface area contributed by atoms with E-state index in [4.69, 9.17) is 5.11 Å². The predicted octanol–water partition coefficient (Wildman–Crippen LogP) is 1.66. The molecule has 2 unspecified atom stereocenters. The molecule has 1 aromatic rings. The number of aryl methyl sites for hydroxylation is 1. The molecule has 18 heavy (non-hydrogen) atoms. The molecule has 2 rings (SSSR count). The molecule has 0 spiro atoms. The van der Waals surface area contributed by atoms with Crippen LogP contribution in [0.4, 0.5) is 5.69 Å². The number of rotatable bonds is 3. The molecule has 1 aliphatic rings. The molecule has 0 saturated heterocycles. The molecule has 1 aromatic heterocycles. The zero-order valence-electron chi connectivity index (χ0n) is 10.8. The Balaban J connectivity index is 2.24. The van der Waals surface area contributed by atoms with Crippen LogP contribution in [0.1, 0.15) is 36.3 Å². The quantitative estimate of drug-likeness (QED) is 0.760. The highest BCUT2D eigenvalue weighted by Gasteiger charge is 2.47. The summed E-state index contributed by atoms with van der Waals surface area (Å²) in [4.78, 5) is 15.1. The summed E-state index contributed by atoms with van der Waals surface area (Å²) in [5.74, 6) is -0.998. The van der Waals surface area contributed by atoms with Crippen molar-refractivity contribution in [2.75, 3.05) is 5.32 Å². The van der Waals surface area contributed by atoms with Crippen molar-refractivity contribution in [1.29, 1.82) is 0 Å². The van der Waals surface area contributed by atoms with E-state index in [1.807, 2.05) is 20.8 Å². The number of nitrogens with zero attached hydrogens (tertiary/aromatic N) is 1. The van der Waals surface area contributed by atoms with E-state index < -0.39 is 5.97 Å². The lowest BCUT2D eigenvalue weighted by Gasteiger charge is -2.50. The maximum Gasteiger partial charge on any atom is 0.339 e. The molecule has 0 radical (unpaired) electrons. The minimum Gasteiger partial charge on any atom is -0.478 e. The SMILES string of the molecule is Cc1cc(NC2CC(O)C2(C)C)c(C(=O)O)cn1. The number of aromatic nitrogens is 1. The van der Waals surface area contributed by atoms with E-state index in [0.717, 1.165) is 5.69 Å². The zero-order chi connectivity index (χ0) is 13.5. The normalized spacial score (nSPS) is 25.3. The number of carboxylic acids is 1. The van der Waals surface area contributed by atoms with E-state index in [1.165, 1.54) is 6.20 Å². The second-order valence-electron chi connectivity index (χ2n) is 5.45. The van der Waals surface area contributed by atoms with Crippen LogP contribution in [-0.4, -0.2) is 33.3 Å². The number of anilines is 1. The number of aliphatic hydroxyl groups is 1. The van der Waals surface area contributed by atoms with E-state index in [-0.39, 0.29) is 23.1 Å². The molecule has 2 atom stereocenters. The van der Waals surface area contributed by atoms with Gasteiger partial charge in [0.05, 0.1) is 11.8 Å². The smallest absolute Gasteiger partial charge is 0.339 e. The van der Waals surface area contributed by atoms with Crippen LogP contribution in [-0.2, 0) is 0 Å².